The van der Waals surface area contributed by atoms with E-state index in [1.807, 2.05) is 19.1 Å². The van der Waals surface area contributed by atoms with Gasteiger partial charge in [0.1, 0.15) is 0 Å². The third kappa shape index (κ3) is 5.44. The molecule has 1 spiro atoms. The zero-order chi connectivity index (χ0) is 23.6. The Labute approximate surface area is 186 Å². The van der Waals surface area contributed by atoms with Crippen LogP contribution in [0.5, 0.6) is 0 Å². The van der Waals surface area contributed by atoms with Gasteiger partial charge in [0.25, 0.3) is 0 Å². The van der Waals surface area contributed by atoms with Crippen molar-refractivity contribution in [1.82, 2.24) is 9.21 Å². The third-order valence-electron chi connectivity index (χ3n) is 6.43. The van der Waals surface area contributed by atoms with Gasteiger partial charge >= 0.3 is 12.1 Å². The average molecular weight is 479 g/mol. The molecule has 1 N–H and O–H groups in total. The second-order valence-electron chi connectivity index (χ2n) is 8.58. The number of aryl methyl sites for hydroxylation is 1. The Kier molecular flexibility index (Phi) is 7.53. The topological polar surface area (TPSA) is 87.2 Å². The van der Waals surface area contributed by atoms with Crippen molar-refractivity contribution in [1.29, 1.82) is 0 Å². The second-order valence-corrected chi connectivity index (χ2v) is 10.5. The second kappa shape index (κ2) is 9.66. The molecule has 0 radical (unpaired) electrons. The van der Waals surface area contributed by atoms with Crippen molar-refractivity contribution in [3.63, 3.8) is 0 Å². The Balaban J connectivity index is 0.000000360. The van der Waals surface area contributed by atoms with Gasteiger partial charge in [-0.25, -0.2) is 13.2 Å². The Bertz CT molecular complexity index is 910. The largest absolute Gasteiger partial charge is 0.490 e. The number of hydrogen-bond acceptors (Lipinski definition) is 5. The van der Waals surface area contributed by atoms with Crippen LogP contribution in [0.15, 0.2) is 29.2 Å². The summed E-state index contributed by atoms with van der Waals surface area (Å²) in [6, 6.07) is 7.23. The fourth-order valence-corrected chi connectivity index (χ4v) is 6.37. The summed E-state index contributed by atoms with van der Waals surface area (Å²) in [5.41, 5.74) is 0.566. The summed E-state index contributed by atoms with van der Waals surface area (Å²) in [5, 5.41) is 7.12. The van der Waals surface area contributed by atoms with Crippen LogP contribution in [-0.2, 0) is 19.6 Å². The predicted molar refractivity (Wildman–Crippen MR) is 111 cm³/mol. The first kappa shape index (κ1) is 24.9. The van der Waals surface area contributed by atoms with Crippen molar-refractivity contribution in [2.45, 2.75) is 49.3 Å². The summed E-state index contributed by atoms with van der Waals surface area (Å²) >= 11 is 0. The highest BCUT2D eigenvalue weighted by Crippen LogP contribution is 2.44. The molecule has 1 aromatic rings. The molecular formula is C21H29F3N2O5S. The van der Waals surface area contributed by atoms with Gasteiger partial charge in [0.2, 0.25) is 10.0 Å². The molecule has 1 unspecified atom stereocenters. The number of rotatable bonds is 5. The Hall–Kier alpha value is -1.69. The number of ether oxygens (including phenoxy) is 1. The van der Waals surface area contributed by atoms with Crippen molar-refractivity contribution >= 4 is 16.0 Å². The number of carbonyl (C=O) groups is 1. The molecule has 180 valence electrons. The number of carboxylic acids is 1. The summed E-state index contributed by atoms with van der Waals surface area (Å²) in [6.45, 7) is 7.20. The van der Waals surface area contributed by atoms with Crippen LogP contribution in [0, 0.1) is 12.8 Å². The van der Waals surface area contributed by atoms with Crippen LogP contribution in [0.3, 0.4) is 0 Å². The Morgan fingerprint density at radius 3 is 2.38 bits per heavy atom. The van der Waals surface area contributed by atoms with E-state index in [1.165, 1.54) is 25.9 Å². The minimum Gasteiger partial charge on any atom is -0.475 e. The first-order valence-corrected chi connectivity index (χ1v) is 12.1. The zero-order valence-corrected chi connectivity index (χ0v) is 18.8. The number of benzene rings is 1. The van der Waals surface area contributed by atoms with E-state index in [-0.39, 0.29) is 5.60 Å². The molecule has 3 heterocycles. The molecule has 3 fully saturated rings. The van der Waals surface area contributed by atoms with Crippen LogP contribution in [0.25, 0.3) is 0 Å². The van der Waals surface area contributed by atoms with E-state index in [4.69, 9.17) is 14.6 Å². The number of halogens is 3. The van der Waals surface area contributed by atoms with Gasteiger partial charge in [0, 0.05) is 19.7 Å². The lowest BCUT2D eigenvalue weighted by Gasteiger charge is -2.49. The molecule has 0 aromatic heterocycles. The molecule has 11 heteroatoms. The van der Waals surface area contributed by atoms with E-state index in [0.29, 0.717) is 23.9 Å². The molecule has 3 aliphatic heterocycles. The number of sulfonamides is 1. The van der Waals surface area contributed by atoms with Gasteiger partial charge in [-0.1, -0.05) is 18.2 Å². The number of nitrogens with zero attached hydrogens (tertiary/aromatic N) is 2. The van der Waals surface area contributed by atoms with E-state index < -0.39 is 22.2 Å². The first-order valence-electron chi connectivity index (χ1n) is 10.7. The molecule has 0 bridgehead atoms. The molecule has 3 aliphatic rings. The van der Waals surface area contributed by atoms with Gasteiger partial charge in [-0.05, 0) is 69.8 Å². The van der Waals surface area contributed by atoms with E-state index in [0.717, 1.165) is 31.6 Å². The number of hydrogen-bond donors (Lipinski definition) is 1. The molecule has 32 heavy (non-hydrogen) atoms. The van der Waals surface area contributed by atoms with Gasteiger partial charge in [0.05, 0.1) is 10.5 Å². The highest BCUT2D eigenvalue weighted by Gasteiger charge is 2.56. The fourth-order valence-electron chi connectivity index (χ4n) is 4.59. The van der Waals surface area contributed by atoms with E-state index in [2.05, 4.69) is 4.90 Å². The smallest absolute Gasteiger partial charge is 0.475 e. The molecule has 4 rings (SSSR count). The lowest BCUT2D eigenvalue weighted by Crippen LogP contribution is -2.66. The van der Waals surface area contributed by atoms with E-state index in [9.17, 15) is 21.6 Å². The van der Waals surface area contributed by atoms with Crippen LogP contribution in [-0.4, -0.2) is 79.8 Å². The van der Waals surface area contributed by atoms with Crippen LogP contribution >= 0.6 is 0 Å². The SMILES string of the molecule is Cc1ccccc1S(=O)(=O)N1CC2(C1)OCCC2CCN1CCCC1.O=C(O)C(F)(F)F. The normalized spacial score (nSPS) is 23.6. The van der Waals surface area contributed by atoms with Crippen molar-refractivity contribution in [2.24, 2.45) is 5.92 Å². The summed E-state index contributed by atoms with van der Waals surface area (Å²) in [6.07, 6.45) is -0.270. The molecular weight excluding hydrogens is 449 g/mol. The summed E-state index contributed by atoms with van der Waals surface area (Å²) in [5.74, 6) is -2.27. The van der Waals surface area contributed by atoms with Crippen LogP contribution in [0.4, 0.5) is 13.2 Å². The van der Waals surface area contributed by atoms with Crippen molar-refractivity contribution in [2.75, 3.05) is 39.3 Å². The quantitative estimate of drug-likeness (QED) is 0.701. The summed E-state index contributed by atoms with van der Waals surface area (Å²) in [4.78, 5) is 11.9. The van der Waals surface area contributed by atoms with Gasteiger partial charge < -0.3 is 14.7 Å². The lowest BCUT2D eigenvalue weighted by atomic mass is 9.80. The van der Waals surface area contributed by atoms with Gasteiger partial charge in [-0.15, -0.1) is 0 Å². The van der Waals surface area contributed by atoms with Crippen LogP contribution in [0.2, 0.25) is 0 Å². The van der Waals surface area contributed by atoms with Gasteiger partial charge in [-0.3, -0.25) is 0 Å². The Morgan fingerprint density at radius 1 is 1.22 bits per heavy atom. The predicted octanol–water partition coefficient (Wildman–Crippen LogP) is 2.89. The lowest BCUT2D eigenvalue weighted by molar-refractivity contribution is -0.192. The Morgan fingerprint density at radius 2 is 1.81 bits per heavy atom. The molecule has 1 atom stereocenters. The zero-order valence-electron chi connectivity index (χ0n) is 18.0. The van der Waals surface area contributed by atoms with Crippen molar-refractivity contribution < 1.29 is 36.2 Å². The number of aliphatic carboxylic acids is 1. The minimum atomic E-state index is -5.08. The van der Waals surface area contributed by atoms with Gasteiger partial charge in [0.15, 0.2) is 0 Å². The monoisotopic (exact) mass is 478 g/mol. The molecule has 7 nitrogen and oxygen atoms in total. The molecule has 0 amide bonds. The maximum absolute atomic E-state index is 12.9. The highest BCUT2D eigenvalue weighted by molar-refractivity contribution is 7.89. The van der Waals surface area contributed by atoms with E-state index >= 15 is 0 Å². The van der Waals surface area contributed by atoms with Crippen molar-refractivity contribution in [3.05, 3.63) is 29.8 Å². The summed E-state index contributed by atoms with van der Waals surface area (Å²) < 4.78 is 65.2. The van der Waals surface area contributed by atoms with Crippen molar-refractivity contribution in [3.8, 4) is 0 Å². The van der Waals surface area contributed by atoms with Crippen LogP contribution in [0.1, 0.15) is 31.2 Å². The van der Waals surface area contributed by atoms with E-state index in [1.54, 1.807) is 16.4 Å². The van der Waals surface area contributed by atoms with Crippen LogP contribution < -0.4 is 0 Å². The maximum Gasteiger partial charge on any atom is 0.490 e. The highest BCUT2D eigenvalue weighted by atomic mass is 32.2. The third-order valence-corrected chi connectivity index (χ3v) is 8.39. The fraction of sp³-hybridized carbons (Fsp3) is 0.667. The average Bonchev–Trinajstić information content (AvgIpc) is 3.34. The maximum atomic E-state index is 12.9. The minimum absolute atomic E-state index is 0.241. The number of likely N-dealkylation sites (tertiary alicyclic amines) is 1. The molecule has 0 aliphatic carbocycles. The summed E-state index contributed by atoms with van der Waals surface area (Å²) in [7, 11) is -3.41. The molecule has 1 aromatic carbocycles. The molecule has 3 saturated heterocycles. The van der Waals surface area contributed by atoms with Gasteiger partial charge in [-0.2, -0.15) is 17.5 Å². The molecule has 0 saturated carbocycles. The standard InChI is InChI=1S/C19H28N2O3S.C2HF3O2/c1-16-6-2-3-7-18(16)25(22,23)21-14-19(15-21)17(9-13-24-19)8-12-20-10-4-5-11-20;3-2(4,5)1(6)7/h2-3,6-7,17H,4-5,8-15H2,1H3;(H,6,7). The number of carboxylic acid groups (broad SMARTS) is 1. The number of alkyl halides is 3. The first-order chi connectivity index (χ1) is 15.0.